The van der Waals surface area contributed by atoms with Crippen molar-refractivity contribution in [2.45, 2.75) is 18.9 Å². The number of hydrogen-bond acceptors (Lipinski definition) is 11. The van der Waals surface area contributed by atoms with Crippen molar-refractivity contribution < 1.29 is 47.9 Å². The Morgan fingerprint density at radius 3 is 1.02 bits per heavy atom. The third kappa shape index (κ3) is 17.2. The highest BCUT2D eigenvalue weighted by Gasteiger charge is 2.24. The maximum Gasteiger partial charge on any atom is 0.242 e. The first kappa shape index (κ1) is 42.7. The summed E-state index contributed by atoms with van der Waals surface area (Å²) in [5.41, 5.74) is 4.94. The van der Waals surface area contributed by atoms with Gasteiger partial charge in [0.25, 0.3) is 0 Å². The minimum absolute atomic E-state index is 0.122. The van der Waals surface area contributed by atoms with E-state index in [0.717, 1.165) is 37.3 Å². The van der Waals surface area contributed by atoms with E-state index in [2.05, 4.69) is 21.3 Å². The minimum Gasteiger partial charge on any atom is -0.368 e. The van der Waals surface area contributed by atoms with Crippen molar-refractivity contribution in [3.05, 3.63) is 0 Å². The zero-order valence-corrected chi connectivity index (χ0v) is 29.4. The Labute approximate surface area is 290 Å². The van der Waals surface area contributed by atoms with Gasteiger partial charge in [-0.1, -0.05) is 0 Å². The zero-order valence-electron chi connectivity index (χ0n) is 29.4. The quantitative estimate of drug-likeness (QED) is 0.0747. The molecule has 1 saturated carbocycles. The fraction of sp³-hybridized carbons (Fsp3) is 0.655. The van der Waals surface area contributed by atoms with E-state index in [1.54, 1.807) is 0 Å². The predicted molar refractivity (Wildman–Crippen MR) is 175 cm³/mol. The Morgan fingerprint density at radius 2 is 0.720 bits per heavy atom. The second-order valence-electron chi connectivity index (χ2n) is 12.0. The van der Waals surface area contributed by atoms with E-state index >= 15 is 0 Å². The third-order valence-corrected chi connectivity index (χ3v) is 7.27. The number of primary amides is 1. The van der Waals surface area contributed by atoms with Crippen molar-refractivity contribution in [1.29, 1.82) is 0 Å². The summed E-state index contributed by atoms with van der Waals surface area (Å²) in [5, 5.41) is 10.0. The number of amides is 10. The smallest absolute Gasteiger partial charge is 0.242 e. The molecule has 280 valence electrons. The van der Waals surface area contributed by atoms with Gasteiger partial charge in [0.15, 0.2) is 0 Å². The average Bonchev–Trinajstić information content (AvgIpc) is 3.88. The number of carbonyl (C=O) groups excluding carboxylic acids is 10. The van der Waals surface area contributed by atoms with Crippen LogP contribution >= 0.6 is 0 Å². The number of hydrogen-bond donors (Lipinski definition) is 5. The van der Waals surface area contributed by atoms with Crippen LogP contribution in [-0.2, 0) is 47.9 Å². The number of nitrogens with one attached hydrogen (secondary N) is 4. The predicted octanol–water partition coefficient (Wildman–Crippen LogP) is -6.68. The van der Waals surface area contributed by atoms with Crippen molar-refractivity contribution in [3.63, 3.8) is 0 Å². The maximum atomic E-state index is 12.6. The van der Waals surface area contributed by atoms with Crippen LogP contribution in [0.2, 0.25) is 0 Å². The fourth-order valence-corrected chi connectivity index (χ4v) is 3.77. The highest BCUT2D eigenvalue weighted by Crippen LogP contribution is 2.18. The number of nitrogens with two attached hydrogens (primary N) is 1. The number of likely N-dealkylation sites (N-methyl/N-ethyl adjacent to an activating group) is 6. The molecular weight excluding hydrogens is 662 g/mol. The van der Waals surface area contributed by atoms with Gasteiger partial charge in [-0.2, -0.15) is 0 Å². The summed E-state index contributed by atoms with van der Waals surface area (Å²) >= 11 is 0. The van der Waals surface area contributed by atoms with Crippen LogP contribution in [0, 0.1) is 0 Å². The summed E-state index contributed by atoms with van der Waals surface area (Å²) in [6.45, 7) is -3.45. The van der Waals surface area contributed by atoms with E-state index in [1.165, 1.54) is 47.2 Å². The molecule has 1 aliphatic carbocycles. The van der Waals surface area contributed by atoms with Crippen molar-refractivity contribution in [1.82, 2.24) is 50.7 Å². The largest absolute Gasteiger partial charge is 0.368 e. The molecule has 0 spiro atoms. The lowest BCUT2D eigenvalue weighted by Crippen LogP contribution is -2.49. The van der Waals surface area contributed by atoms with Crippen LogP contribution in [0.1, 0.15) is 12.8 Å². The summed E-state index contributed by atoms with van der Waals surface area (Å²) in [7, 11) is 8.14. The Kier molecular flexibility index (Phi) is 17.8. The first-order valence-corrected chi connectivity index (χ1v) is 15.6. The highest BCUT2D eigenvalue weighted by molar-refractivity contribution is 5.93. The van der Waals surface area contributed by atoms with Crippen LogP contribution in [-0.4, -0.2) is 202 Å². The molecule has 6 N–H and O–H groups in total. The second kappa shape index (κ2) is 20.9. The van der Waals surface area contributed by atoms with Crippen molar-refractivity contribution in [2.24, 2.45) is 5.73 Å². The van der Waals surface area contributed by atoms with Crippen LogP contribution in [0.25, 0.3) is 0 Å². The molecule has 21 nitrogen and oxygen atoms in total. The highest BCUT2D eigenvalue weighted by atomic mass is 16.2. The third-order valence-electron chi connectivity index (χ3n) is 7.27. The molecule has 0 aromatic heterocycles. The van der Waals surface area contributed by atoms with Crippen LogP contribution < -0.4 is 27.0 Å². The molecule has 0 aromatic carbocycles. The number of nitrogens with zero attached hydrogens (tertiary/aromatic N) is 6. The summed E-state index contributed by atoms with van der Waals surface area (Å²) in [6.07, 6.45) is 2.04. The Hall–Kier alpha value is -5.34. The molecule has 1 fully saturated rings. The molecule has 0 atom stereocenters. The normalized spacial score (nSPS) is 11.7. The summed E-state index contributed by atoms with van der Waals surface area (Å²) < 4.78 is 0. The maximum absolute atomic E-state index is 12.6. The molecule has 0 radical (unpaired) electrons. The Balaban J connectivity index is 2.36. The molecule has 0 saturated heterocycles. The number of carbonyl (C=O) groups is 10. The molecule has 21 heteroatoms. The van der Waals surface area contributed by atoms with Crippen LogP contribution in [0.15, 0.2) is 0 Å². The van der Waals surface area contributed by atoms with Gasteiger partial charge in [0.2, 0.25) is 59.1 Å². The zero-order chi connectivity index (χ0) is 38.1. The lowest BCUT2D eigenvalue weighted by molar-refractivity contribution is -0.141. The molecule has 0 heterocycles. The molecule has 0 aliphatic heterocycles. The second-order valence-corrected chi connectivity index (χ2v) is 12.0. The van der Waals surface area contributed by atoms with Gasteiger partial charge in [-0.05, 0) is 12.8 Å². The first-order chi connectivity index (χ1) is 23.3. The summed E-state index contributed by atoms with van der Waals surface area (Å²) in [4.78, 5) is 128. The van der Waals surface area contributed by atoms with Gasteiger partial charge < -0.3 is 56.4 Å². The first-order valence-electron chi connectivity index (χ1n) is 15.6. The standard InChI is InChI=1S/C29H49N11O10/c1-35(13-21(42)32-9-20(30)41)28(49)17-39(5)25(46)11-34-23(44)15-37(3)29(50)18-40(6)26(47)12-33-22(43)14-36(2)27(48)16-38(4)24(45)10-31-19-7-8-19/h19,31H,7-18H2,1-6H3,(H2,30,41)(H,32,42)(H,33,43)(H,34,44). The van der Waals surface area contributed by atoms with Gasteiger partial charge in [0.1, 0.15) is 0 Å². The SMILES string of the molecule is CN(CC(=O)NCC(N)=O)C(=O)CN(C)C(=O)CNC(=O)CN(C)C(=O)CN(C)C(=O)CNC(=O)CN(C)C(=O)CN(C)C(=O)CNC1CC1. The fourth-order valence-electron chi connectivity index (χ4n) is 3.77. The van der Waals surface area contributed by atoms with Crippen molar-refractivity contribution >= 4 is 59.1 Å². The molecular formula is C29H49N11O10. The molecule has 10 amide bonds. The summed E-state index contributed by atoms with van der Waals surface area (Å²) in [5.74, 6) is -5.87. The van der Waals surface area contributed by atoms with Gasteiger partial charge in [0.05, 0.1) is 65.4 Å². The van der Waals surface area contributed by atoms with Gasteiger partial charge in [0, 0.05) is 48.3 Å². The van der Waals surface area contributed by atoms with Gasteiger partial charge in [-0.3, -0.25) is 47.9 Å². The van der Waals surface area contributed by atoms with E-state index in [9.17, 15) is 47.9 Å². The lowest BCUT2D eigenvalue weighted by atomic mass is 10.4. The van der Waals surface area contributed by atoms with E-state index in [0.29, 0.717) is 6.04 Å². The molecule has 0 bridgehead atoms. The van der Waals surface area contributed by atoms with Crippen molar-refractivity contribution in [3.8, 4) is 0 Å². The Bertz CT molecular complexity index is 1310. The van der Waals surface area contributed by atoms with E-state index in [-0.39, 0.29) is 38.6 Å². The minimum atomic E-state index is -0.750. The monoisotopic (exact) mass is 711 g/mol. The molecule has 0 aromatic rings. The van der Waals surface area contributed by atoms with E-state index in [1.807, 2.05) is 0 Å². The van der Waals surface area contributed by atoms with E-state index < -0.39 is 85.9 Å². The topological polar surface area (TPSA) is 264 Å². The van der Waals surface area contributed by atoms with Gasteiger partial charge in [-0.15, -0.1) is 0 Å². The molecule has 0 unspecified atom stereocenters. The molecule has 1 aliphatic rings. The lowest BCUT2D eigenvalue weighted by Gasteiger charge is -2.23. The number of rotatable bonds is 21. The average molecular weight is 712 g/mol. The van der Waals surface area contributed by atoms with Crippen LogP contribution in [0.3, 0.4) is 0 Å². The molecule has 50 heavy (non-hydrogen) atoms. The van der Waals surface area contributed by atoms with Gasteiger partial charge in [-0.25, -0.2) is 0 Å². The van der Waals surface area contributed by atoms with Crippen LogP contribution in [0.4, 0.5) is 0 Å². The Morgan fingerprint density at radius 1 is 0.440 bits per heavy atom. The van der Waals surface area contributed by atoms with E-state index in [4.69, 9.17) is 5.73 Å². The van der Waals surface area contributed by atoms with Crippen LogP contribution in [0.5, 0.6) is 0 Å². The summed E-state index contributed by atoms with van der Waals surface area (Å²) in [6, 6.07) is 0.341. The van der Waals surface area contributed by atoms with Gasteiger partial charge >= 0.3 is 0 Å². The molecule has 1 rings (SSSR count). The van der Waals surface area contributed by atoms with Crippen molar-refractivity contribution in [2.75, 3.05) is 108 Å².